The third-order valence-corrected chi connectivity index (χ3v) is 5.43. The highest BCUT2D eigenvalue weighted by Crippen LogP contribution is 2.29. The van der Waals surface area contributed by atoms with Crippen LogP contribution in [0.1, 0.15) is 38.8 Å². The van der Waals surface area contributed by atoms with E-state index in [2.05, 4.69) is 10.4 Å². The Morgan fingerprint density at radius 3 is 2.60 bits per heavy atom. The number of ether oxygens (including phenoxy) is 1. The molecular weight excluding hydrogens is 455 g/mol. The summed E-state index contributed by atoms with van der Waals surface area (Å²) in [6, 6.07) is 13.9. The van der Waals surface area contributed by atoms with Crippen LogP contribution in [-0.4, -0.2) is 20.6 Å². The second-order valence-corrected chi connectivity index (χ2v) is 8.07. The molecule has 0 aliphatic heterocycles. The van der Waals surface area contributed by atoms with E-state index >= 15 is 0 Å². The van der Waals surface area contributed by atoms with Crippen molar-refractivity contribution < 1.29 is 23.3 Å². The Morgan fingerprint density at radius 2 is 1.89 bits per heavy atom. The molecule has 9 nitrogen and oxygen atoms in total. The molecule has 2 heterocycles. The van der Waals surface area contributed by atoms with Crippen LogP contribution in [0, 0.1) is 36.7 Å². The Bertz CT molecular complexity index is 1390. The Morgan fingerprint density at radius 1 is 1.14 bits per heavy atom. The number of carbonyl (C=O) groups excluding carboxylic acids is 1. The minimum atomic E-state index is -0.510. The van der Waals surface area contributed by atoms with Gasteiger partial charge in [0.05, 0.1) is 28.5 Å². The number of nitrogens with one attached hydrogen (secondary N) is 1. The normalized spacial score (nSPS) is 10.9. The van der Waals surface area contributed by atoms with Gasteiger partial charge in [-0.2, -0.15) is 5.10 Å². The van der Waals surface area contributed by atoms with Gasteiger partial charge in [-0.05, 0) is 62.2 Å². The highest BCUT2D eigenvalue weighted by atomic mass is 19.1. The summed E-state index contributed by atoms with van der Waals surface area (Å²) in [5, 5.41) is 18.5. The third-order valence-electron chi connectivity index (χ3n) is 5.43. The van der Waals surface area contributed by atoms with E-state index in [1.165, 1.54) is 30.3 Å². The number of carbonyl (C=O) groups is 1. The number of hydrogen-bond acceptors (Lipinski definition) is 6. The van der Waals surface area contributed by atoms with Gasteiger partial charge in [0.1, 0.15) is 18.2 Å². The van der Waals surface area contributed by atoms with Crippen LogP contribution >= 0.6 is 0 Å². The molecule has 0 radical (unpaired) electrons. The summed E-state index contributed by atoms with van der Waals surface area (Å²) >= 11 is 0. The van der Waals surface area contributed by atoms with E-state index in [1.54, 1.807) is 42.8 Å². The molecule has 2 aromatic carbocycles. The molecule has 35 heavy (non-hydrogen) atoms. The van der Waals surface area contributed by atoms with Crippen molar-refractivity contribution in [3.05, 3.63) is 105 Å². The quantitative estimate of drug-likeness (QED) is 0.271. The number of amides is 1. The second-order valence-electron chi connectivity index (χ2n) is 8.07. The van der Waals surface area contributed by atoms with Crippen molar-refractivity contribution in [1.82, 2.24) is 9.78 Å². The second kappa shape index (κ2) is 9.80. The summed E-state index contributed by atoms with van der Waals surface area (Å²) < 4.78 is 26.0. The first kappa shape index (κ1) is 23.7. The van der Waals surface area contributed by atoms with E-state index in [0.29, 0.717) is 23.7 Å². The molecule has 4 aromatic rings. The van der Waals surface area contributed by atoms with Crippen LogP contribution in [0.2, 0.25) is 0 Å². The van der Waals surface area contributed by atoms with E-state index in [4.69, 9.17) is 9.15 Å². The zero-order chi connectivity index (χ0) is 25.1. The first-order valence-corrected chi connectivity index (χ1v) is 10.8. The number of benzene rings is 2. The molecule has 4 rings (SSSR count). The zero-order valence-electron chi connectivity index (χ0n) is 19.4. The van der Waals surface area contributed by atoms with Gasteiger partial charge in [0.15, 0.2) is 11.5 Å². The summed E-state index contributed by atoms with van der Waals surface area (Å²) in [5.41, 5.74) is 3.40. The summed E-state index contributed by atoms with van der Waals surface area (Å²) in [7, 11) is 0. The number of nitro benzene ring substituents is 1. The topological polar surface area (TPSA) is 112 Å². The van der Waals surface area contributed by atoms with Gasteiger partial charge in [-0.25, -0.2) is 4.39 Å². The summed E-state index contributed by atoms with van der Waals surface area (Å²) in [5.74, 6) is -0.263. The lowest BCUT2D eigenvalue weighted by atomic mass is 10.2. The molecule has 1 N–H and O–H groups in total. The maximum Gasteiger partial charge on any atom is 0.311 e. The predicted octanol–water partition coefficient (Wildman–Crippen LogP) is 5.33. The summed E-state index contributed by atoms with van der Waals surface area (Å²) in [4.78, 5) is 23.5. The highest BCUT2D eigenvalue weighted by molar-refractivity contribution is 6.02. The van der Waals surface area contributed by atoms with Crippen molar-refractivity contribution in [3.8, 4) is 5.75 Å². The van der Waals surface area contributed by atoms with Crippen molar-refractivity contribution in [2.75, 3.05) is 5.32 Å². The van der Waals surface area contributed by atoms with Crippen LogP contribution in [0.5, 0.6) is 5.75 Å². The monoisotopic (exact) mass is 478 g/mol. The summed E-state index contributed by atoms with van der Waals surface area (Å²) in [6.07, 6.45) is 0. The van der Waals surface area contributed by atoms with E-state index in [9.17, 15) is 19.3 Å². The molecule has 0 atom stereocenters. The molecule has 0 spiro atoms. The molecule has 10 heteroatoms. The number of halogens is 1. The fourth-order valence-electron chi connectivity index (χ4n) is 3.59. The van der Waals surface area contributed by atoms with E-state index < -0.39 is 10.8 Å². The number of hydrogen-bond donors (Lipinski definition) is 1. The van der Waals surface area contributed by atoms with E-state index in [1.807, 2.05) is 6.92 Å². The molecule has 0 bridgehead atoms. The molecule has 0 aliphatic rings. The third kappa shape index (κ3) is 5.37. The first-order chi connectivity index (χ1) is 16.7. The van der Waals surface area contributed by atoms with Crippen LogP contribution in [0.4, 0.5) is 15.8 Å². The van der Waals surface area contributed by atoms with Gasteiger partial charge >= 0.3 is 5.69 Å². The van der Waals surface area contributed by atoms with Crippen LogP contribution in [0.15, 0.2) is 59.0 Å². The van der Waals surface area contributed by atoms with Crippen molar-refractivity contribution in [2.45, 2.75) is 33.9 Å². The van der Waals surface area contributed by atoms with Gasteiger partial charge in [0.2, 0.25) is 0 Å². The summed E-state index contributed by atoms with van der Waals surface area (Å²) in [6.45, 7) is 5.71. The molecule has 2 aromatic heterocycles. The van der Waals surface area contributed by atoms with Crippen molar-refractivity contribution in [3.63, 3.8) is 0 Å². The van der Waals surface area contributed by atoms with E-state index in [0.717, 1.165) is 16.8 Å². The van der Waals surface area contributed by atoms with Crippen molar-refractivity contribution in [2.24, 2.45) is 0 Å². The van der Waals surface area contributed by atoms with Gasteiger partial charge in [0, 0.05) is 6.07 Å². The van der Waals surface area contributed by atoms with Crippen molar-refractivity contribution in [1.29, 1.82) is 0 Å². The average Bonchev–Trinajstić information content (AvgIpc) is 3.40. The Labute approximate surface area is 200 Å². The molecule has 0 aliphatic carbocycles. The number of furan rings is 1. The first-order valence-electron chi connectivity index (χ1n) is 10.8. The molecule has 1 amide bonds. The SMILES string of the molecule is Cc1ccc(OCc2ccc(C(=O)Nc3c(C)nn(Cc4ccc(F)cc4)c3C)o2)c([N+](=O)[O-])c1. The average molecular weight is 478 g/mol. The van der Waals surface area contributed by atoms with Crippen LogP contribution in [-0.2, 0) is 13.2 Å². The minimum Gasteiger partial charge on any atom is -0.479 e. The van der Waals surface area contributed by atoms with Crippen LogP contribution in [0.3, 0.4) is 0 Å². The molecule has 0 fully saturated rings. The van der Waals surface area contributed by atoms with Gasteiger partial charge in [-0.1, -0.05) is 18.2 Å². The minimum absolute atomic E-state index is 0.0621. The van der Waals surface area contributed by atoms with Gasteiger partial charge < -0.3 is 14.5 Å². The molecular formula is C25H23FN4O5. The fourth-order valence-corrected chi connectivity index (χ4v) is 3.59. The number of anilines is 1. The van der Waals surface area contributed by atoms with E-state index in [-0.39, 0.29) is 29.6 Å². The lowest BCUT2D eigenvalue weighted by Crippen LogP contribution is -2.12. The largest absolute Gasteiger partial charge is 0.479 e. The molecule has 0 unspecified atom stereocenters. The number of nitrogens with zero attached hydrogens (tertiary/aromatic N) is 3. The Balaban J connectivity index is 1.43. The Kier molecular flexibility index (Phi) is 6.63. The number of aromatic nitrogens is 2. The standard InChI is InChI=1S/C25H23FN4O5/c1-15-4-10-22(21(12-15)30(32)33)34-14-20-9-11-23(35-20)25(31)27-24-16(2)28-29(17(24)3)13-18-5-7-19(26)8-6-18/h4-12H,13-14H2,1-3H3,(H,27,31). The van der Waals surface area contributed by atoms with Crippen LogP contribution < -0.4 is 10.1 Å². The molecule has 0 saturated heterocycles. The van der Waals surface area contributed by atoms with Crippen molar-refractivity contribution >= 4 is 17.3 Å². The highest BCUT2D eigenvalue weighted by Gasteiger charge is 2.19. The number of aryl methyl sites for hydroxylation is 2. The molecule has 180 valence electrons. The van der Waals surface area contributed by atoms with Gasteiger partial charge in [-0.3, -0.25) is 19.6 Å². The smallest absolute Gasteiger partial charge is 0.311 e. The lowest BCUT2D eigenvalue weighted by Gasteiger charge is -2.07. The van der Waals surface area contributed by atoms with Gasteiger partial charge in [0.25, 0.3) is 5.91 Å². The Hall–Kier alpha value is -4.47. The predicted molar refractivity (Wildman–Crippen MR) is 126 cm³/mol. The van der Waals surface area contributed by atoms with Crippen LogP contribution in [0.25, 0.3) is 0 Å². The number of rotatable bonds is 8. The number of nitro groups is 1. The maximum atomic E-state index is 13.2. The maximum absolute atomic E-state index is 13.2. The zero-order valence-corrected chi connectivity index (χ0v) is 19.4. The lowest BCUT2D eigenvalue weighted by molar-refractivity contribution is -0.386. The fraction of sp³-hybridized carbons (Fsp3) is 0.200. The van der Waals surface area contributed by atoms with Gasteiger partial charge in [-0.15, -0.1) is 0 Å². The molecule has 0 saturated carbocycles.